The maximum absolute atomic E-state index is 12.7. The van der Waals surface area contributed by atoms with Gasteiger partial charge in [0.1, 0.15) is 5.69 Å². The Hall–Kier alpha value is -0.910. The van der Waals surface area contributed by atoms with E-state index in [9.17, 15) is 4.79 Å². The fraction of sp³-hybridized carbons (Fsp3) is 0.714. The van der Waals surface area contributed by atoms with E-state index < -0.39 is 0 Å². The minimum absolute atomic E-state index is 0.00828. The summed E-state index contributed by atoms with van der Waals surface area (Å²) in [5.74, 6) is 0.0902. The van der Waals surface area contributed by atoms with Crippen LogP contribution < -0.4 is 5.73 Å². The number of nitrogens with two attached hydrogens (primary N) is 1. The Kier molecular flexibility index (Phi) is 5.18. The Labute approximate surface area is 125 Å². The van der Waals surface area contributed by atoms with E-state index in [0.717, 1.165) is 32.2 Å². The number of hydrogen-bond acceptors (Lipinski definition) is 4. The number of Topliss-reactive ketones (excluding diaryl/α,β-unsaturated/α-hetero) is 1. The molecule has 2 unspecified atom stereocenters. The molecule has 1 heterocycles. The van der Waals surface area contributed by atoms with Crippen molar-refractivity contribution in [2.45, 2.75) is 38.3 Å². The van der Waals surface area contributed by atoms with Crippen LogP contribution in [0.15, 0.2) is 6.20 Å². The lowest BCUT2D eigenvalue weighted by molar-refractivity contribution is 0.0869. The molecule has 5 nitrogen and oxygen atoms in total. The smallest absolute Gasteiger partial charge is 0.185 e. The topological polar surface area (TPSA) is 64.2 Å². The van der Waals surface area contributed by atoms with Crippen LogP contribution in [0.3, 0.4) is 0 Å². The van der Waals surface area contributed by atoms with Crippen molar-refractivity contribution in [3.05, 3.63) is 16.9 Å². The Morgan fingerprint density at radius 3 is 2.95 bits per heavy atom. The highest BCUT2D eigenvalue weighted by molar-refractivity contribution is 6.33. The number of likely N-dealkylation sites (N-methyl/N-ethyl adjacent to an activating group) is 1. The van der Waals surface area contributed by atoms with Crippen LogP contribution in [0.25, 0.3) is 0 Å². The van der Waals surface area contributed by atoms with E-state index in [2.05, 4.69) is 10.00 Å². The van der Waals surface area contributed by atoms with Crippen molar-refractivity contribution < 1.29 is 4.79 Å². The molecule has 6 heteroatoms. The highest BCUT2D eigenvalue weighted by Gasteiger charge is 2.29. The number of ketones is 1. The minimum atomic E-state index is -0.00828. The molecule has 0 aromatic carbocycles. The standard InChI is InChI=1S/C14H23ClN4O/c1-18(2)6-7-19-13(12(15)9-17-19)14(20)10-4-3-5-11(16)8-10/h9-11H,3-8,16H2,1-2H3. The summed E-state index contributed by atoms with van der Waals surface area (Å²) in [7, 11) is 3.99. The van der Waals surface area contributed by atoms with Gasteiger partial charge in [-0.15, -0.1) is 0 Å². The van der Waals surface area contributed by atoms with E-state index in [1.807, 2.05) is 14.1 Å². The molecule has 0 radical (unpaired) electrons. The van der Waals surface area contributed by atoms with Crippen LogP contribution in [0.4, 0.5) is 0 Å². The van der Waals surface area contributed by atoms with Crippen molar-refractivity contribution >= 4 is 17.4 Å². The molecule has 0 bridgehead atoms. The number of aromatic nitrogens is 2. The normalized spacial score (nSPS) is 23.2. The molecule has 0 saturated heterocycles. The summed E-state index contributed by atoms with van der Waals surface area (Å²) < 4.78 is 1.73. The molecule has 0 spiro atoms. The molecule has 1 saturated carbocycles. The quantitative estimate of drug-likeness (QED) is 0.842. The molecule has 0 aliphatic heterocycles. The van der Waals surface area contributed by atoms with E-state index in [0.29, 0.717) is 17.3 Å². The van der Waals surface area contributed by atoms with Crippen LogP contribution in [0.1, 0.15) is 36.2 Å². The average Bonchev–Trinajstić information content (AvgIpc) is 2.76. The lowest BCUT2D eigenvalue weighted by Crippen LogP contribution is -2.33. The molecular weight excluding hydrogens is 276 g/mol. The van der Waals surface area contributed by atoms with Gasteiger partial charge in [0, 0.05) is 18.5 Å². The van der Waals surface area contributed by atoms with Crippen LogP contribution in [-0.2, 0) is 6.54 Å². The van der Waals surface area contributed by atoms with E-state index in [1.165, 1.54) is 0 Å². The van der Waals surface area contributed by atoms with E-state index in [1.54, 1.807) is 10.9 Å². The largest absolute Gasteiger partial charge is 0.328 e. The summed E-state index contributed by atoms with van der Waals surface area (Å²) in [4.78, 5) is 14.7. The summed E-state index contributed by atoms with van der Waals surface area (Å²) in [6, 6.07) is 0.134. The molecule has 1 fully saturated rings. The maximum atomic E-state index is 12.7. The Morgan fingerprint density at radius 2 is 2.30 bits per heavy atom. The van der Waals surface area contributed by atoms with Crippen LogP contribution in [0.5, 0.6) is 0 Å². The molecular formula is C14H23ClN4O. The van der Waals surface area contributed by atoms with Crippen molar-refractivity contribution in [2.75, 3.05) is 20.6 Å². The van der Waals surface area contributed by atoms with E-state index in [-0.39, 0.29) is 17.7 Å². The third-order valence-electron chi connectivity index (χ3n) is 3.87. The van der Waals surface area contributed by atoms with Crippen LogP contribution in [0, 0.1) is 5.92 Å². The maximum Gasteiger partial charge on any atom is 0.185 e. The van der Waals surface area contributed by atoms with Crippen LogP contribution in [0.2, 0.25) is 5.02 Å². The lowest BCUT2D eigenvalue weighted by atomic mass is 9.82. The van der Waals surface area contributed by atoms with E-state index in [4.69, 9.17) is 17.3 Å². The summed E-state index contributed by atoms with van der Waals surface area (Å²) in [6.45, 7) is 1.49. The van der Waals surface area contributed by atoms with Gasteiger partial charge < -0.3 is 10.6 Å². The number of rotatable bonds is 5. The molecule has 20 heavy (non-hydrogen) atoms. The van der Waals surface area contributed by atoms with Gasteiger partial charge in [-0.3, -0.25) is 9.48 Å². The SMILES string of the molecule is CN(C)CCn1ncc(Cl)c1C(=O)C1CCCC(N)C1. The first-order valence-corrected chi connectivity index (χ1v) is 7.52. The van der Waals surface area contributed by atoms with Gasteiger partial charge in [0.05, 0.1) is 17.8 Å². The van der Waals surface area contributed by atoms with Crippen LogP contribution >= 0.6 is 11.6 Å². The molecule has 2 atom stereocenters. The van der Waals surface area contributed by atoms with Crippen molar-refractivity contribution in [1.29, 1.82) is 0 Å². The second-order valence-electron chi connectivity index (χ2n) is 5.86. The minimum Gasteiger partial charge on any atom is -0.328 e. The van der Waals surface area contributed by atoms with E-state index >= 15 is 0 Å². The van der Waals surface area contributed by atoms with Gasteiger partial charge >= 0.3 is 0 Å². The van der Waals surface area contributed by atoms with Gasteiger partial charge in [-0.25, -0.2) is 0 Å². The first kappa shape index (κ1) is 15.5. The Morgan fingerprint density at radius 1 is 1.55 bits per heavy atom. The Balaban J connectivity index is 2.14. The fourth-order valence-corrected chi connectivity index (χ4v) is 2.97. The average molecular weight is 299 g/mol. The zero-order chi connectivity index (χ0) is 14.7. The summed E-state index contributed by atoms with van der Waals surface area (Å²) in [5, 5.41) is 4.68. The number of hydrogen-bond donors (Lipinski definition) is 1. The fourth-order valence-electron chi connectivity index (χ4n) is 2.73. The summed E-state index contributed by atoms with van der Waals surface area (Å²) in [6.07, 6.45) is 5.25. The molecule has 112 valence electrons. The second-order valence-corrected chi connectivity index (χ2v) is 6.26. The van der Waals surface area contributed by atoms with Crippen molar-refractivity contribution in [3.8, 4) is 0 Å². The predicted molar refractivity (Wildman–Crippen MR) is 80.1 cm³/mol. The molecule has 1 aromatic heterocycles. The molecule has 2 rings (SSSR count). The van der Waals surface area contributed by atoms with Gasteiger partial charge in [0.15, 0.2) is 5.78 Å². The third kappa shape index (κ3) is 3.59. The van der Waals surface area contributed by atoms with Crippen LogP contribution in [-0.4, -0.2) is 47.1 Å². The first-order valence-electron chi connectivity index (χ1n) is 7.15. The van der Waals surface area contributed by atoms with Gasteiger partial charge in [-0.05, 0) is 33.4 Å². The lowest BCUT2D eigenvalue weighted by Gasteiger charge is -2.25. The third-order valence-corrected chi connectivity index (χ3v) is 4.15. The highest BCUT2D eigenvalue weighted by Crippen LogP contribution is 2.28. The zero-order valence-electron chi connectivity index (χ0n) is 12.2. The van der Waals surface area contributed by atoms with Gasteiger partial charge in [-0.1, -0.05) is 18.0 Å². The molecule has 1 aromatic rings. The predicted octanol–water partition coefficient (Wildman–Crippen LogP) is 1.80. The zero-order valence-corrected chi connectivity index (χ0v) is 12.9. The number of nitrogens with zero attached hydrogens (tertiary/aromatic N) is 3. The highest BCUT2D eigenvalue weighted by atomic mass is 35.5. The summed E-state index contributed by atoms with van der Waals surface area (Å²) in [5.41, 5.74) is 6.53. The van der Waals surface area contributed by atoms with Gasteiger partial charge in [0.25, 0.3) is 0 Å². The van der Waals surface area contributed by atoms with Gasteiger partial charge in [0.2, 0.25) is 0 Å². The van der Waals surface area contributed by atoms with Crippen molar-refractivity contribution in [3.63, 3.8) is 0 Å². The molecule has 1 aliphatic rings. The van der Waals surface area contributed by atoms with Gasteiger partial charge in [-0.2, -0.15) is 5.10 Å². The first-order chi connectivity index (χ1) is 9.49. The monoisotopic (exact) mass is 298 g/mol. The summed E-state index contributed by atoms with van der Waals surface area (Å²) >= 11 is 6.16. The molecule has 0 amide bonds. The van der Waals surface area contributed by atoms with Crippen molar-refractivity contribution in [2.24, 2.45) is 11.7 Å². The molecule has 2 N–H and O–H groups in total. The number of halogens is 1. The number of carbonyl (C=O) groups is 1. The molecule has 1 aliphatic carbocycles. The van der Waals surface area contributed by atoms with Crippen molar-refractivity contribution in [1.82, 2.24) is 14.7 Å². The second kappa shape index (κ2) is 6.70. The Bertz CT molecular complexity index is 472. The number of carbonyl (C=O) groups excluding carboxylic acids is 1.